The lowest BCUT2D eigenvalue weighted by molar-refractivity contribution is 0.0996. The average molecular weight is 409 g/mol. The Morgan fingerprint density at radius 3 is 2.53 bits per heavy atom. The molecule has 4 aromatic rings. The van der Waals surface area contributed by atoms with Crippen LogP contribution in [0.25, 0.3) is 22.2 Å². The topological polar surface area (TPSA) is 107 Å². The highest BCUT2D eigenvalue weighted by molar-refractivity contribution is 6.17. The molecule has 0 aliphatic heterocycles. The number of aromatic nitrogens is 4. The number of carbonyl (C=O) groups excluding carboxylic acids is 2. The van der Waals surface area contributed by atoms with Crippen LogP contribution in [0.1, 0.15) is 37.7 Å². The van der Waals surface area contributed by atoms with Crippen LogP contribution in [0, 0.1) is 25.5 Å². The molecule has 0 saturated heterocycles. The van der Waals surface area contributed by atoms with E-state index in [0.717, 1.165) is 29.1 Å². The number of nitrogens with one attached hydrogen (secondary N) is 1. The summed E-state index contributed by atoms with van der Waals surface area (Å²) in [6.45, 7) is 3.76. The van der Waals surface area contributed by atoms with Crippen LogP contribution in [0.2, 0.25) is 0 Å². The summed E-state index contributed by atoms with van der Waals surface area (Å²) >= 11 is 0. The SMILES string of the molecule is Cc1nn(C)c(C)c1-c1cnc2[nH]cc(C(=O)c3c(F)ccc(C(N)=O)c3F)c2c1. The zero-order valence-corrected chi connectivity index (χ0v) is 16.4. The van der Waals surface area contributed by atoms with Gasteiger partial charge >= 0.3 is 0 Å². The van der Waals surface area contributed by atoms with Gasteiger partial charge in [0, 0.05) is 47.2 Å². The molecule has 0 aliphatic rings. The molecule has 3 aromatic heterocycles. The summed E-state index contributed by atoms with van der Waals surface area (Å²) < 4.78 is 30.8. The molecule has 30 heavy (non-hydrogen) atoms. The minimum atomic E-state index is -1.29. The number of pyridine rings is 1. The largest absolute Gasteiger partial charge is 0.366 e. The number of halogens is 2. The molecule has 0 atom stereocenters. The third kappa shape index (κ3) is 2.86. The highest BCUT2D eigenvalue weighted by Crippen LogP contribution is 2.31. The van der Waals surface area contributed by atoms with Crippen LogP contribution in [0.3, 0.4) is 0 Å². The van der Waals surface area contributed by atoms with Crippen molar-refractivity contribution < 1.29 is 18.4 Å². The van der Waals surface area contributed by atoms with Crippen molar-refractivity contribution in [1.82, 2.24) is 19.7 Å². The Hall–Kier alpha value is -3.88. The number of amides is 1. The van der Waals surface area contributed by atoms with E-state index in [2.05, 4.69) is 15.1 Å². The molecule has 3 heterocycles. The molecule has 7 nitrogen and oxygen atoms in total. The molecule has 0 aliphatic carbocycles. The van der Waals surface area contributed by atoms with Crippen LogP contribution >= 0.6 is 0 Å². The van der Waals surface area contributed by atoms with Gasteiger partial charge in [-0.3, -0.25) is 14.3 Å². The molecular formula is C21H17F2N5O2. The van der Waals surface area contributed by atoms with E-state index in [0.29, 0.717) is 16.6 Å². The minimum absolute atomic E-state index is 0.0259. The minimum Gasteiger partial charge on any atom is -0.366 e. The summed E-state index contributed by atoms with van der Waals surface area (Å²) in [7, 11) is 1.82. The first kappa shape index (κ1) is 19.4. The Balaban J connectivity index is 1.90. The number of nitrogens with zero attached hydrogens (tertiary/aromatic N) is 3. The molecule has 0 fully saturated rings. The van der Waals surface area contributed by atoms with Crippen molar-refractivity contribution in [3.8, 4) is 11.1 Å². The second-order valence-electron chi connectivity index (χ2n) is 6.97. The molecule has 4 rings (SSSR count). The molecule has 0 saturated carbocycles. The van der Waals surface area contributed by atoms with Crippen molar-refractivity contribution in [1.29, 1.82) is 0 Å². The van der Waals surface area contributed by atoms with E-state index in [-0.39, 0.29) is 5.56 Å². The van der Waals surface area contributed by atoms with Gasteiger partial charge in [0.2, 0.25) is 5.78 Å². The first-order valence-corrected chi connectivity index (χ1v) is 9.01. The van der Waals surface area contributed by atoms with Crippen molar-refractivity contribution in [2.24, 2.45) is 12.8 Å². The molecule has 9 heteroatoms. The lowest BCUT2D eigenvalue weighted by Crippen LogP contribution is -2.17. The first-order chi connectivity index (χ1) is 14.2. The number of carbonyl (C=O) groups is 2. The second-order valence-corrected chi connectivity index (χ2v) is 6.97. The number of fused-ring (bicyclic) bond motifs is 1. The molecule has 152 valence electrons. The number of hydrogen-bond acceptors (Lipinski definition) is 4. The molecule has 1 aromatic carbocycles. The monoisotopic (exact) mass is 409 g/mol. The van der Waals surface area contributed by atoms with E-state index in [1.165, 1.54) is 6.20 Å². The van der Waals surface area contributed by atoms with Crippen molar-refractivity contribution >= 4 is 22.7 Å². The second kappa shape index (κ2) is 6.87. The lowest BCUT2D eigenvalue weighted by atomic mass is 9.98. The lowest BCUT2D eigenvalue weighted by Gasteiger charge is -2.07. The summed E-state index contributed by atoms with van der Waals surface area (Å²) in [5, 5.41) is 4.77. The Bertz CT molecular complexity index is 1350. The maximum absolute atomic E-state index is 14.7. The number of benzene rings is 1. The zero-order valence-electron chi connectivity index (χ0n) is 16.4. The van der Waals surface area contributed by atoms with Gasteiger partial charge in [-0.05, 0) is 32.0 Å². The summed E-state index contributed by atoms with van der Waals surface area (Å²) in [4.78, 5) is 31.6. The third-order valence-corrected chi connectivity index (χ3v) is 5.16. The van der Waals surface area contributed by atoms with Crippen LogP contribution in [-0.4, -0.2) is 31.4 Å². The van der Waals surface area contributed by atoms with E-state index >= 15 is 0 Å². The molecule has 1 amide bonds. The number of aromatic amines is 1. The normalized spacial score (nSPS) is 11.2. The fourth-order valence-corrected chi connectivity index (χ4v) is 3.60. The number of rotatable bonds is 4. The van der Waals surface area contributed by atoms with Crippen molar-refractivity contribution in [3.05, 3.63) is 70.3 Å². The van der Waals surface area contributed by atoms with Gasteiger partial charge in [-0.2, -0.15) is 5.10 Å². The van der Waals surface area contributed by atoms with Crippen LogP contribution in [0.15, 0.2) is 30.6 Å². The Kier molecular flexibility index (Phi) is 4.45. The predicted molar refractivity (Wildman–Crippen MR) is 106 cm³/mol. The van der Waals surface area contributed by atoms with Gasteiger partial charge < -0.3 is 10.7 Å². The van der Waals surface area contributed by atoms with Gasteiger partial charge in [0.05, 0.1) is 16.8 Å². The van der Waals surface area contributed by atoms with Crippen molar-refractivity contribution in [2.45, 2.75) is 13.8 Å². The van der Waals surface area contributed by atoms with Gasteiger partial charge in [0.1, 0.15) is 17.3 Å². The molecule has 0 bridgehead atoms. The standard InChI is InChI=1S/C21H17F2N5O2/c1-9-16(10(2)28(3)27-9)11-6-13-14(8-26-21(13)25-7-11)19(29)17-15(22)5-4-12(18(17)23)20(24)30/h4-8H,1-3H3,(H2,24,30)(H,25,26). The van der Waals surface area contributed by atoms with E-state index in [9.17, 15) is 18.4 Å². The summed E-state index contributed by atoms with van der Waals surface area (Å²) in [5.41, 5.74) is 7.40. The van der Waals surface area contributed by atoms with Crippen molar-refractivity contribution in [2.75, 3.05) is 0 Å². The Labute approximate surface area is 169 Å². The average Bonchev–Trinajstić information content (AvgIpc) is 3.21. The van der Waals surface area contributed by atoms with Gasteiger partial charge in [-0.1, -0.05) is 0 Å². The fourth-order valence-electron chi connectivity index (χ4n) is 3.60. The van der Waals surface area contributed by atoms with Crippen LogP contribution in [0.4, 0.5) is 8.78 Å². The number of aryl methyl sites for hydroxylation is 2. The number of ketones is 1. The quantitative estimate of drug-likeness (QED) is 0.505. The highest BCUT2D eigenvalue weighted by atomic mass is 19.1. The van der Waals surface area contributed by atoms with Crippen LogP contribution in [0.5, 0.6) is 0 Å². The van der Waals surface area contributed by atoms with E-state index in [1.54, 1.807) is 16.9 Å². The van der Waals surface area contributed by atoms with E-state index < -0.39 is 34.5 Å². The van der Waals surface area contributed by atoms with Gasteiger partial charge in [0.15, 0.2) is 0 Å². The molecule has 0 unspecified atom stereocenters. The van der Waals surface area contributed by atoms with Gasteiger partial charge in [0.25, 0.3) is 5.91 Å². The van der Waals surface area contributed by atoms with E-state index in [4.69, 9.17) is 5.73 Å². The molecular weight excluding hydrogens is 392 g/mol. The molecule has 0 spiro atoms. The number of H-pyrrole nitrogens is 1. The zero-order chi connectivity index (χ0) is 21.7. The van der Waals surface area contributed by atoms with E-state index in [1.807, 2.05) is 20.9 Å². The maximum Gasteiger partial charge on any atom is 0.251 e. The number of primary amides is 1. The number of nitrogens with two attached hydrogens (primary N) is 1. The van der Waals surface area contributed by atoms with Gasteiger partial charge in [-0.25, -0.2) is 13.8 Å². The fraction of sp³-hybridized carbons (Fsp3) is 0.143. The van der Waals surface area contributed by atoms with Crippen LogP contribution in [-0.2, 0) is 7.05 Å². The third-order valence-electron chi connectivity index (χ3n) is 5.16. The molecule has 0 radical (unpaired) electrons. The Morgan fingerprint density at radius 1 is 1.17 bits per heavy atom. The summed E-state index contributed by atoms with van der Waals surface area (Å²) in [6, 6.07) is 3.47. The smallest absolute Gasteiger partial charge is 0.251 e. The van der Waals surface area contributed by atoms with Crippen LogP contribution < -0.4 is 5.73 Å². The maximum atomic E-state index is 14.7. The summed E-state index contributed by atoms with van der Waals surface area (Å²) in [5.74, 6) is -4.38. The number of hydrogen-bond donors (Lipinski definition) is 2. The molecule has 3 N–H and O–H groups in total. The first-order valence-electron chi connectivity index (χ1n) is 9.01. The van der Waals surface area contributed by atoms with Gasteiger partial charge in [-0.15, -0.1) is 0 Å². The Morgan fingerprint density at radius 2 is 1.90 bits per heavy atom. The highest BCUT2D eigenvalue weighted by Gasteiger charge is 2.26. The predicted octanol–water partition coefficient (Wildman–Crippen LogP) is 3.19. The van der Waals surface area contributed by atoms with Crippen molar-refractivity contribution in [3.63, 3.8) is 0 Å². The summed E-state index contributed by atoms with van der Waals surface area (Å²) in [6.07, 6.45) is 2.97.